The van der Waals surface area contributed by atoms with Crippen molar-refractivity contribution in [1.29, 1.82) is 0 Å². The van der Waals surface area contributed by atoms with Gasteiger partial charge in [-0.2, -0.15) is 0 Å². The highest BCUT2D eigenvalue weighted by Crippen LogP contribution is 2.24. The van der Waals surface area contributed by atoms with Gasteiger partial charge in [0.2, 0.25) is 5.91 Å². The van der Waals surface area contributed by atoms with Crippen molar-refractivity contribution < 1.29 is 9.53 Å². The number of hydrogen-bond acceptors (Lipinski definition) is 3. The highest BCUT2D eigenvalue weighted by molar-refractivity contribution is 5.84. The number of aliphatic imine (C=N–C) groups is 1. The van der Waals surface area contributed by atoms with Crippen LogP contribution in [0.5, 0.6) is 5.75 Å². The molecule has 6 heteroatoms. The number of rotatable bonds is 8. The van der Waals surface area contributed by atoms with E-state index < -0.39 is 0 Å². The van der Waals surface area contributed by atoms with Gasteiger partial charge in [-0.15, -0.1) is 0 Å². The number of guanidine groups is 1. The molecule has 1 fully saturated rings. The second kappa shape index (κ2) is 10.7. The molecule has 0 aliphatic heterocycles. The molecule has 144 valence electrons. The average Bonchev–Trinajstić information content (AvgIpc) is 3.13. The summed E-state index contributed by atoms with van der Waals surface area (Å²) in [6.07, 6.45) is 6.19. The van der Waals surface area contributed by atoms with Crippen molar-refractivity contribution in [2.45, 2.75) is 45.1 Å². The van der Waals surface area contributed by atoms with Crippen LogP contribution in [-0.4, -0.2) is 56.6 Å². The topological polar surface area (TPSA) is 66.0 Å². The Morgan fingerprint density at radius 1 is 1.19 bits per heavy atom. The molecular formula is C20H32N4O2. The van der Waals surface area contributed by atoms with Crippen LogP contribution < -0.4 is 15.4 Å². The van der Waals surface area contributed by atoms with Crippen molar-refractivity contribution in [1.82, 2.24) is 15.5 Å². The first kappa shape index (κ1) is 20.1. The van der Waals surface area contributed by atoms with Crippen molar-refractivity contribution in [3.63, 3.8) is 0 Å². The van der Waals surface area contributed by atoms with E-state index in [9.17, 15) is 4.79 Å². The number of nitrogens with one attached hydrogen (secondary N) is 2. The molecule has 0 heterocycles. The first-order valence-corrected chi connectivity index (χ1v) is 9.56. The highest BCUT2D eigenvalue weighted by Gasteiger charge is 2.16. The molecule has 1 aliphatic carbocycles. The summed E-state index contributed by atoms with van der Waals surface area (Å²) in [5.41, 5.74) is 1.25. The fraction of sp³-hybridized carbons (Fsp3) is 0.600. The third-order valence-electron chi connectivity index (χ3n) is 4.45. The molecular weight excluding hydrogens is 328 g/mol. The van der Waals surface area contributed by atoms with E-state index in [0.29, 0.717) is 12.1 Å². The van der Waals surface area contributed by atoms with Gasteiger partial charge in [-0.1, -0.05) is 12.1 Å². The van der Waals surface area contributed by atoms with E-state index in [1.54, 1.807) is 19.0 Å². The summed E-state index contributed by atoms with van der Waals surface area (Å²) in [6.45, 7) is 3.67. The molecule has 0 bridgehead atoms. The summed E-state index contributed by atoms with van der Waals surface area (Å²) in [4.78, 5) is 17.5. The highest BCUT2D eigenvalue weighted by atomic mass is 16.5. The molecule has 1 amide bonds. The second-order valence-electron chi connectivity index (χ2n) is 6.83. The van der Waals surface area contributed by atoms with Crippen LogP contribution in [-0.2, 0) is 11.2 Å². The maximum atomic E-state index is 11.7. The average molecular weight is 361 g/mol. The zero-order chi connectivity index (χ0) is 18.8. The predicted molar refractivity (Wildman–Crippen MR) is 106 cm³/mol. The van der Waals surface area contributed by atoms with E-state index in [1.807, 2.05) is 6.92 Å². The van der Waals surface area contributed by atoms with Crippen LogP contribution in [0.25, 0.3) is 0 Å². The van der Waals surface area contributed by atoms with Gasteiger partial charge in [0.15, 0.2) is 5.96 Å². The first-order chi connectivity index (χ1) is 12.6. The van der Waals surface area contributed by atoms with Crippen molar-refractivity contribution in [2.24, 2.45) is 4.99 Å². The number of carbonyl (C=O) groups excluding carboxylic acids is 1. The minimum absolute atomic E-state index is 0.0138. The summed E-state index contributed by atoms with van der Waals surface area (Å²) in [5.74, 6) is 1.62. The molecule has 0 saturated heterocycles. The molecule has 1 aliphatic rings. The quantitative estimate of drug-likeness (QED) is 0.551. The van der Waals surface area contributed by atoms with Crippen molar-refractivity contribution in [2.75, 3.05) is 33.7 Å². The van der Waals surface area contributed by atoms with Gasteiger partial charge in [-0.25, -0.2) is 4.99 Å². The fourth-order valence-corrected chi connectivity index (χ4v) is 2.89. The van der Waals surface area contributed by atoms with Crippen LogP contribution in [0, 0.1) is 0 Å². The third kappa shape index (κ3) is 6.94. The van der Waals surface area contributed by atoms with Gasteiger partial charge in [-0.3, -0.25) is 4.79 Å². The van der Waals surface area contributed by atoms with Crippen LogP contribution in [0.3, 0.4) is 0 Å². The summed E-state index contributed by atoms with van der Waals surface area (Å²) in [7, 11) is 3.47. The van der Waals surface area contributed by atoms with Crippen molar-refractivity contribution in [3.05, 3.63) is 29.8 Å². The molecule has 1 aromatic carbocycles. The molecule has 1 aromatic rings. The van der Waals surface area contributed by atoms with E-state index in [-0.39, 0.29) is 12.5 Å². The lowest BCUT2D eigenvalue weighted by Crippen LogP contribution is -2.39. The van der Waals surface area contributed by atoms with Crippen LogP contribution in [0.4, 0.5) is 0 Å². The summed E-state index contributed by atoms with van der Waals surface area (Å²) < 4.78 is 6.00. The summed E-state index contributed by atoms with van der Waals surface area (Å²) in [6, 6.07) is 8.35. The molecule has 0 radical (unpaired) electrons. The normalized spacial score (nSPS) is 15.0. The van der Waals surface area contributed by atoms with E-state index >= 15 is 0 Å². The minimum atomic E-state index is -0.0138. The molecule has 26 heavy (non-hydrogen) atoms. The molecule has 6 nitrogen and oxygen atoms in total. The Hall–Kier alpha value is -2.24. The maximum absolute atomic E-state index is 11.7. The third-order valence-corrected chi connectivity index (χ3v) is 4.45. The molecule has 0 aromatic heterocycles. The standard InChI is InChI=1S/C20H32N4O2/c1-4-21-20(23-15-19(25)24(2)3)22-14-13-16-9-11-18(12-10-16)26-17-7-5-6-8-17/h9-12,17H,4-8,13-15H2,1-3H3,(H2,21,22,23). The Kier molecular flexibility index (Phi) is 8.25. The summed E-state index contributed by atoms with van der Waals surface area (Å²) >= 11 is 0. The molecule has 0 spiro atoms. The predicted octanol–water partition coefficient (Wildman–Crippen LogP) is 2.19. The van der Waals surface area contributed by atoms with Gasteiger partial charge in [0.1, 0.15) is 12.3 Å². The molecule has 0 atom stereocenters. The number of ether oxygens (including phenoxy) is 1. The Labute approximate surface area is 157 Å². The Bertz CT molecular complexity index is 578. The van der Waals surface area contributed by atoms with E-state index in [0.717, 1.165) is 25.3 Å². The monoisotopic (exact) mass is 360 g/mol. The van der Waals surface area contributed by atoms with Gasteiger partial charge >= 0.3 is 0 Å². The van der Waals surface area contributed by atoms with Gasteiger partial charge in [0.25, 0.3) is 0 Å². The van der Waals surface area contributed by atoms with E-state index in [4.69, 9.17) is 4.74 Å². The zero-order valence-electron chi connectivity index (χ0n) is 16.3. The Morgan fingerprint density at radius 3 is 2.50 bits per heavy atom. The van der Waals surface area contributed by atoms with Crippen LogP contribution in [0.1, 0.15) is 38.2 Å². The molecule has 1 saturated carbocycles. The van der Waals surface area contributed by atoms with Crippen LogP contribution in [0.15, 0.2) is 29.3 Å². The molecule has 2 rings (SSSR count). The summed E-state index contributed by atoms with van der Waals surface area (Å²) in [5, 5.41) is 6.43. The smallest absolute Gasteiger partial charge is 0.243 e. The Balaban J connectivity index is 1.77. The largest absolute Gasteiger partial charge is 0.490 e. The van der Waals surface area contributed by atoms with Crippen LogP contribution in [0.2, 0.25) is 0 Å². The molecule has 2 N–H and O–H groups in total. The number of hydrogen-bond donors (Lipinski definition) is 2. The lowest BCUT2D eigenvalue weighted by molar-refractivity contribution is -0.127. The van der Waals surface area contributed by atoms with Crippen LogP contribution >= 0.6 is 0 Å². The minimum Gasteiger partial charge on any atom is -0.490 e. The van der Waals surface area contributed by atoms with Gasteiger partial charge in [0, 0.05) is 27.2 Å². The Morgan fingerprint density at radius 2 is 1.88 bits per heavy atom. The lowest BCUT2D eigenvalue weighted by atomic mass is 10.1. The number of likely N-dealkylation sites (N-methyl/N-ethyl adjacent to an activating group) is 1. The second-order valence-corrected chi connectivity index (χ2v) is 6.83. The number of nitrogens with zero attached hydrogens (tertiary/aromatic N) is 2. The van der Waals surface area contributed by atoms with Gasteiger partial charge < -0.3 is 20.3 Å². The SMILES string of the molecule is CCNC(=NCC(=O)N(C)C)NCCc1ccc(OC2CCCC2)cc1. The number of benzene rings is 1. The lowest BCUT2D eigenvalue weighted by Gasteiger charge is -2.14. The molecule has 0 unspecified atom stereocenters. The first-order valence-electron chi connectivity index (χ1n) is 9.56. The zero-order valence-corrected chi connectivity index (χ0v) is 16.3. The van der Waals surface area contributed by atoms with Crippen molar-refractivity contribution >= 4 is 11.9 Å². The number of amides is 1. The van der Waals surface area contributed by atoms with Crippen molar-refractivity contribution in [3.8, 4) is 5.75 Å². The van der Waals surface area contributed by atoms with Gasteiger partial charge in [-0.05, 0) is 56.7 Å². The van der Waals surface area contributed by atoms with E-state index in [2.05, 4.69) is 39.9 Å². The van der Waals surface area contributed by atoms with Gasteiger partial charge in [0.05, 0.1) is 6.10 Å². The number of carbonyl (C=O) groups is 1. The fourth-order valence-electron chi connectivity index (χ4n) is 2.89. The van der Waals surface area contributed by atoms with E-state index in [1.165, 1.54) is 31.2 Å². The maximum Gasteiger partial charge on any atom is 0.243 e.